The number of rotatable bonds is 8. The lowest BCUT2D eigenvalue weighted by Gasteiger charge is -2.31. The van der Waals surface area contributed by atoms with Crippen LogP contribution in [0.15, 0.2) is 24.3 Å². The molecule has 6 heteroatoms. The molecule has 3 N–H and O–H groups in total. The second-order valence-corrected chi connectivity index (χ2v) is 6.08. The van der Waals surface area contributed by atoms with Gasteiger partial charge in [-0.05, 0) is 43.5 Å². The normalized spacial score (nSPS) is 20.1. The van der Waals surface area contributed by atoms with Crippen LogP contribution in [0.5, 0.6) is 5.75 Å². The van der Waals surface area contributed by atoms with Gasteiger partial charge in [-0.15, -0.1) is 12.4 Å². The van der Waals surface area contributed by atoms with Gasteiger partial charge in [0.25, 0.3) is 5.91 Å². The van der Waals surface area contributed by atoms with E-state index >= 15 is 0 Å². The Morgan fingerprint density at radius 1 is 1.29 bits per heavy atom. The van der Waals surface area contributed by atoms with E-state index in [0.29, 0.717) is 37.0 Å². The smallest absolute Gasteiger partial charge is 0.251 e. The van der Waals surface area contributed by atoms with Crippen LogP contribution in [-0.4, -0.2) is 38.8 Å². The van der Waals surface area contributed by atoms with E-state index in [1.54, 1.807) is 13.2 Å². The Labute approximate surface area is 150 Å². The molecule has 1 aromatic rings. The molecule has 0 spiro atoms. The fourth-order valence-corrected chi connectivity index (χ4v) is 3.05. The molecule has 1 aromatic carbocycles. The van der Waals surface area contributed by atoms with Gasteiger partial charge in [0.1, 0.15) is 5.75 Å². The molecular formula is C18H29ClN2O3. The highest BCUT2D eigenvalue weighted by Gasteiger charge is 2.25. The highest BCUT2D eigenvalue weighted by Crippen LogP contribution is 2.24. The monoisotopic (exact) mass is 356 g/mol. The van der Waals surface area contributed by atoms with Crippen molar-refractivity contribution in [2.24, 2.45) is 11.7 Å². The fourth-order valence-electron chi connectivity index (χ4n) is 3.05. The van der Waals surface area contributed by atoms with Crippen LogP contribution in [0.2, 0.25) is 0 Å². The van der Waals surface area contributed by atoms with Gasteiger partial charge in [0.15, 0.2) is 0 Å². The number of hydrogen-bond donors (Lipinski definition) is 2. The zero-order valence-electron chi connectivity index (χ0n) is 14.3. The predicted molar refractivity (Wildman–Crippen MR) is 97.9 cm³/mol. The molecule has 1 saturated carbocycles. The minimum Gasteiger partial charge on any atom is -0.493 e. The highest BCUT2D eigenvalue weighted by atomic mass is 35.5. The summed E-state index contributed by atoms with van der Waals surface area (Å²) in [5, 5.41) is 3.15. The Morgan fingerprint density at radius 2 is 2.08 bits per heavy atom. The minimum atomic E-state index is -0.0438. The van der Waals surface area contributed by atoms with Crippen molar-refractivity contribution < 1.29 is 14.3 Å². The molecule has 1 fully saturated rings. The molecule has 2 atom stereocenters. The first kappa shape index (κ1) is 20.7. The number of nitrogens with one attached hydrogen (secondary N) is 1. The number of methoxy groups -OCH3 is 1. The molecule has 5 nitrogen and oxygen atoms in total. The standard InChI is InChI=1S/C18H28N2O3.ClH/c1-22-10-5-11-23-16-8-4-7-14(12-16)18(21)20-17-9-3-2-6-15(17)13-19;/h4,7-8,12,15,17H,2-3,5-6,9-11,13,19H2,1H3,(H,20,21);1H. The molecule has 0 aromatic heterocycles. The van der Waals surface area contributed by atoms with E-state index in [0.717, 1.165) is 25.7 Å². The summed E-state index contributed by atoms with van der Waals surface area (Å²) in [5.41, 5.74) is 6.46. The van der Waals surface area contributed by atoms with Crippen molar-refractivity contribution in [2.75, 3.05) is 26.9 Å². The molecule has 1 amide bonds. The average molecular weight is 357 g/mol. The maximum Gasteiger partial charge on any atom is 0.251 e. The van der Waals surface area contributed by atoms with Gasteiger partial charge in [0.05, 0.1) is 6.61 Å². The van der Waals surface area contributed by atoms with Crippen LogP contribution >= 0.6 is 12.4 Å². The zero-order chi connectivity index (χ0) is 16.5. The Hall–Kier alpha value is -1.30. The summed E-state index contributed by atoms with van der Waals surface area (Å²) < 4.78 is 10.6. The van der Waals surface area contributed by atoms with E-state index in [4.69, 9.17) is 15.2 Å². The first-order chi connectivity index (χ1) is 11.2. The molecule has 0 saturated heterocycles. The summed E-state index contributed by atoms with van der Waals surface area (Å²) in [6, 6.07) is 7.52. The van der Waals surface area contributed by atoms with Gasteiger partial charge < -0.3 is 20.5 Å². The summed E-state index contributed by atoms with van der Waals surface area (Å²) >= 11 is 0. The van der Waals surface area contributed by atoms with Crippen molar-refractivity contribution in [3.63, 3.8) is 0 Å². The first-order valence-electron chi connectivity index (χ1n) is 8.47. The topological polar surface area (TPSA) is 73.6 Å². The molecule has 0 bridgehead atoms. The second kappa shape index (κ2) is 11.3. The Balaban J connectivity index is 0.00000288. The minimum absolute atomic E-state index is 0. The lowest BCUT2D eigenvalue weighted by Crippen LogP contribution is -2.44. The molecule has 136 valence electrons. The van der Waals surface area contributed by atoms with Crippen LogP contribution in [0.25, 0.3) is 0 Å². The molecule has 0 heterocycles. The van der Waals surface area contributed by atoms with Crippen molar-refractivity contribution in [2.45, 2.75) is 38.1 Å². The maximum atomic E-state index is 12.5. The Morgan fingerprint density at radius 3 is 2.83 bits per heavy atom. The first-order valence-corrected chi connectivity index (χ1v) is 8.47. The molecule has 2 unspecified atom stereocenters. The largest absolute Gasteiger partial charge is 0.493 e. The van der Waals surface area contributed by atoms with Gasteiger partial charge in [0, 0.05) is 31.7 Å². The van der Waals surface area contributed by atoms with E-state index < -0.39 is 0 Å². The Bertz CT molecular complexity index is 499. The van der Waals surface area contributed by atoms with Crippen LogP contribution < -0.4 is 15.8 Å². The number of carbonyl (C=O) groups is 1. The van der Waals surface area contributed by atoms with Gasteiger partial charge in [-0.25, -0.2) is 0 Å². The lowest BCUT2D eigenvalue weighted by atomic mass is 9.84. The molecule has 24 heavy (non-hydrogen) atoms. The number of benzene rings is 1. The van der Waals surface area contributed by atoms with E-state index in [1.165, 1.54) is 6.42 Å². The zero-order valence-corrected chi connectivity index (χ0v) is 15.1. The summed E-state index contributed by atoms with van der Waals surface area (Å²) in [4.78, 5) is 12.5. The average Bonchev–Trinajstić information content (AvgIpc) is 2.59. The van der Waals surface area contributed by atoms with E-state index in [-0.39, 0.29) is 24.4 Å². The Kier molecular flexibility index (Phi) is 9.76. The van der Waals surface area contributed by atoms with Crippen molar-refractivity contribution >= 4 is 18.3 Å². The van der Waals surface area contributed by atoms with E-state index in [9.17, 15) is 4.79 Å². The highest BCUT2D eigenvalue weighted by molar-refractivity contribution is 5.94. The second-order valence-electron chi connectivity index (χ2n) is 6.08. The van der Waals surface area contributed by atoms with Crippen LogP contribution in [0.3, 0.4) is 0 Å². The van der Waals surface area contributed by atoms with Crippen LogP contribution in [0, 0.1) is 5.92 Å². The molecule has 0 aliphatic heterocycles. The number of halogens is 1. The summed E-state index contributed by atoms with van der Waals surface area (Å²) in [5.74, 6) is 1.06. The van der Waals surface area contributed by atoms with Crippen molar-refractivity contribution in [3.8, 4) is 5.75 Å². The number of amides is 1. The molecule has 1 aliphatic rings. The molecular weight excluding hydrogens is 328 g/mol. The molecule has 2 rings (SSSR count). The summed E-state index contributed by atoms with van der Waals surface area (Å²) in [6.45, 7) is 1.88. The van der Waals surface area contributed by atoms with Gasteiger partial charge >= 0.3 is 0 Å². The SMILES string of the molecule is COCCCOc1cccc(C(=O)NC2CCCCC2CN)c1.Cl. The van der Waals surface area contributed by atoms with Crippen LogP contribution in [0.1, 0.15) is 42.5 Å². The van der Waals surface area contributed by atoms with Gasteiger partial charge in [-0.3, -0.25) is 4.79 Å². The van der Waals surface area contributed by atoms with E-state index in [1.807, 2.05) is 18.2 Å². The quantitative estimate of drug-likeness (QED) is 0.702. The number of nitrogens with two attached hydrogens (primary N) is 1. The fraction of sp³-hybridized carbons (Fsp3) is 0.611. The summed E-state index contributed by atoms with van der Waals surface area (Å²) in [7, 11) is 1.67. The van der Waals surface area contributed by atoms with Crippen LogP contribution in [0.4, 0.5) is 0 Å². The number of ether oxygens (including phenoxy) is 2. The molecule has 0 radical (unpaired) electrons. The third-order valence-corrected chi connectivity index (χ3v) is 4.39. The summed E-state index contributed by atoms with van der Waals surface area (Å²) in [6.07, 6.45) is 5.31. The van der Waals surface area contributed by atoms with Crippen molar-refractivity contribution in [3.05, 3.63) is 29.8 Å². The molecule has 1 aliphatic carbocycles. The van der Waals surface area contributed by atoms with Crippen LogP contribution in [-0.2, 0) is 4.74 Å². The number of carbonyl (C=O) groups excluding carboxylic acids is 1. The van der Waals surface area contributed by atoms with Gasteiger partial charge in [-0.2, -0.15) is 0 Å². The van der Waals surface area contributed by atoms with Crippen molar-refractivity contribution in [1.29, 1.82) is 0 Å². The third-order valence-electron chi connectivity index (χ3n) is 4.39. The van der Waals surface area contributed by atoms with Crippen molar-refractivity contribution in [1.82, 2.24) is 5.32 Å². The van der Waals surface area contributed by atoms with E-state index in [2.05, 4.69) is 5.32 Å². The predicted octanol–water partition coefficient (Wildman–Crippen LogP) is 2.77. The maximum absolute atomic E-state index is 12.5. The lowest BCUT2D eigenvalue weighted by molar-refractivity contribution is 0.0907. The number of hydrogen-bond acceptors (Lipinski definition) is 4. The van der Waals surface area contributed by atoms with Gasteiger partial charge in [0.2, 0.25) is 0 Å². The third kappa shape index (κ3) is 6.30. The van der Waals surface area contributed by atoms with Gasteiger partial charge in [-0.1, -0.05) is 18.9 Å².